The summed E-state index contributed by atoms with van der Waals surface area (Å²) in [6.07, 6.45) is -4.37. The summed E-state index contributed by atoms with van der Waals surface area (Å²) in [5, 5.41) is 7.13. The van der Waals surface area contributed by atoms with E-state index in [9.17, 15) is 13.2 Å². The molecule has 0 heterocycles. The van der Waals surface area contributed by atoms with E-state index in [1.165, 1.54) is 6.92 Å². The first-order chi connectivity index (χ1) is 6.26. The Morgan fingerprint density at radius 2 is 1.93 bits per heavy atom. The van der Waals surface area contributed by atoms with Crippen LogP contribution in [-0.2, 0) is 0 Å². The molecule has 0 spiro atoms. The maximum absolute atomic E-state index is 11.9. The second-order valence-corrected chi connectivity index (χ2v) is 2.49. The molecule has 0 aliphatic heterocycles. The van der Waals surface area contributed by atoms with Crippen molar-refractivity contribution in [1.82, 2.24) is 4.90 Å². The summed E-state index contributed by atoms with van der Waals surface area (Å²) in [5.41, 5.74) is 9.86. The molecule has 0 aliphatic rings. The van der Waals surface area contributed by atoms with Crippen molar-refractivity contribution in [3.8, 4) is 0 Å². The first-order valence-electron chi connectivity index (χ1n) is 3.76. The minimum atomic E-state index is -4.37. The Hall–Kier alpha value is -1.47. The van der Waals surface area contributed by atoms with Gasteiger partial charge in [0.05, 0.1) is 0 Å². The number of hydrogen-bond donors (Lipinski definition) is 3. The molecule has 5 N–H and O–H groups in total. The fraction of sp³-hybridized carbons (Fsp3) is 0.667. The molecule has 0 aromatic rings. The highest BCUT2D eigenvalue weighted by Gasteiger charge is 2.31. The summed E-state index contributed by atoms with van der Waals surface area (Å²) in [7, 11) is 0. The third-order valence-corrected chi connectivity index (χ3v) is 1.29. The van der Waals surface area contributed by atoms with Crippen LogP contribution in [-0.4, -0.2) is 36.1 Å². The minimum absolute atomic E-state index is 0.00905. The molecule has 0 atom stereocenters. The molecular formula is C6H12F3N5. The lowest BCUT2D eigenvalue weighted by Crippen LogP contribution is -2.39. The van der Waals surface area contributed by atoms with Crippen LogP contribution < -0.4 is 11.5 Å². The lowest BCUT2D eigenvalue weighted by Gasteiger charge is -2.21. The van der Waals surface area contributed by atoms with E-state index in [1.807, 2.05) is 0 Å². The van der Waals surface area contributed by atoms with Gasteiger partial charge in [-0.2, -0.15) is 18.2 Å². The molecular weight excluding hydrogens is 199 g/mol. The van der Waals surface area contributed by atoms with Gasteiger partial charge in [-0.3, -0.25) is 5.41 Å². The lowest BCUT2D eigenvalue weighted by atomic mass is 10.5. The second kappa shape index (κ2) is 4.68. The van der Waals surface area contributed by atoms with Gasteiger partial charge in [0.2, 0.25) is 5.96 Å². The van der Waals surface area contributed by atoms with Crippen molar-refractivity contribution in [2.45, 2.75) is 13.1 Å². The predicted molar refractivity (Wildman–Crippen MR) is 46.8 cm³/mol. The summed E-state index contributed by atoms with van der Waals surface area (Å²) >= 11 is 0. The van der Waals surface area contributed by atoms with Crippen LogP contribution in [0.2, 0.25) is 0 Å². The van der Waals surface area contributed by atoms with Gasteiger partial charge in [0, 0.05) is 6.54 Å². The van der Waals surface area contributed by atoms with Crippen LogP contribution in [0.3, 0.4) is 0 Å². The zero-order valence-electron chi connectivity index (χ0n) is 7.60. The number of alkyl halides is 3. The third-order valence-electron chi connectivity index (χ3n) is 1.29. The van der Waals surface area contributed by atoms with Crippen LogP contribution in [0.4, 0.5) is 13.2 Å². The van der Waals surface area contributed by atoms with Gasteiger partial charge in [0.1, 0.15) is 6.54 Å². The molecule has 0 amide bonds. The molecule has 5 nitrogen and oxygen atoms in total. The summed E-state index contributed by atoms with van der Waals surface area (Å²) in [5.74, 6) is -1.03. The molecule has 0 saturated heterocycles. The Bertz CT molecular complexity index is 230. The number of nitrogens with one attached hydrogen (secondary N) is 1. The Balaban J connectivity index is 4.43. The van der Waals surface area contributed by atoms with Crippen molar-refractivity contribution in [2.24, 2.45) is 16.5 Å². The molecule has 0 fully saturated rings. The van der Waals surface area contributed by atoms with Crippen LogP contribution in [0.15, 0.2) is 4.99 Å². The fourth-order valence-corrected chi connectivity index (χ4v) is 0.746. The standard InChI is InChI=1S/C6H12F3N5/c1-2-14(3-6(7,8)9)5(12)13-4(10)11/h2-3H2,1H3,(H5,10,11,12,13). The molecule has 0 unspecified atom stereocenters. The van der Waals surface area contributed by atoms with Crippen molar-refractivity contribution >= 4 is 11.9 Å². The SMILES string of the molecule is CCN(CC(F)(F)F)C(=N)N=C(N)N. The highest BCUT2D eigenvalue weighted by atomic mass is 19.4. The van der Waals surface area contributed by atoms with E-state index in [0.29, 0.717) is 4.90 Å². The average Bonchev–Trinajstić information content (AvgIpc) is 1.96. The van der Waals surface area contributed by atoms with E-state index in [0.717, 1.165) is 0 Å². The zero-order chi connectivity index (χ0) is 11.4. The Labute approximate surface area is 79.1 Å². The zero-order valence-corrected chi connectivity index (χ0v) is 7.60. The monoisotopic (exact) mass is 211 g/mol. The normalized spacial score (nSPS) is 10.9. The topological polar surface area (TPSA) is 91.5 Å². The van der Waals surface area contributed by atoms with Gasteiger partial charge in [-0.1, -0.05) is 0 Å². The van der Waals surface area contributed by atoms with Crippen molar-refractivity contribution in [3.63, 3.8) is 0 Å². The van der Waals surface area contributed by atoms with E-state index in [2.05, 4.69) is 4.99 Å². The molecule has 8 heteroatoms. The molecule has 82 valence electrons. The molecule has 0 radical (unpaired) electrons. The van der Waals surface area contributed by atoms with Crippen molar-refractivity contribution in [2.75, 3.05) is 13.1 Å². The molecule has 0 aromatic heterocycles. The molecule has 0 aliphatic carbocycles. The number of rotatable bonds is 2. The van der Waals surface area contributed by atoms with Crippen LogP contribution in [0.25, 0.3) is 0 Å². The lowest BCUT2D eigenvalue weighted by molar-refractivity contribution is -0.137. The van der Waals surface area contributed by atoms with E-state index < -0.39 is 24.6 Å². The molecule has 14 heavy (non-hydrogen) atoms. The number of halogens is 3. The fourth-order valence-electron chi connectivity index (χ4n) is 0.746. The van der Waals surface area contributed by atoms with Gasteiger partial charge in [-0.25, -0.2) is 0 Å². The number of guanidine groups is 2. The first-order valence-corrected chi connectivity index (χ1v) is 3.76. The maximum Gasteiger partial charge on any atom is 0.406 e. The first kappa shape index (κ1) is 12.5. The van der Waals surface area contributed by atoms with Crippen LogP contribution >= 0.6 is 0 Å². The largest absolute Gasteiger partial charge is 0.406 e. The van der Waals surface area contributed by atoms with Gasteiger partial charge in [-0.05, 0) is 6.92 Å². The van der Waals surface area contributed by atoms with Gasteiger partial charge in [0.15, 0.2) is 5.96 Å². The number of hydrogen-bond acceptors (Lipinski definition) is 1. The minimum Gasteiger partial charge on any atom is -0.370 e. The third kappa shape index (κ3) is 5.22. The second-order valence-electron chi connectivity index (χ2n) is 2.49. The van der Waals surface area contributed by atoms with E-state index >= 15 is 0 Å². The molecule has 0 aromatic carbocycles. The van der Waals surface area contributed by atoms with Crippen LogP contribution in [0.1, 0.15) is 6.92 Å². The quantitative estimate of drug-likeness (QED) is 0.446. The molecule has 0 saturated carbocycles. The smallest absolute Gasteiger partial charge is 0.370 e. The van der Waals surface area contributed by atoms with Gasteiger partial charge in [0.25, 0.3) is 0 Å². The van der Waals surface area contributed by atoms with Crippen molar-refractivity contribution in [3.05, 3.63) is 0 Å². The van der Waals surface area contributed by atoms with Crippen molar-refractivity contribution in [1.29, 1.82) is 5.41 Å². The molecule has 0 bridgehead atoms. The number of aliphatic imine (C=N–C) groups is 1. The number of nitrogens with zero attached hydrogens (tertiary/aromatic N) is 2. The van der Waals surface area contributed by atoms with E-state index in [-0.39, 0.29) is 6.54 Å². The highest BCUT2D eigenvalue weighted by Crippen LogP contribution is 2.16. The Kier molecular flexibility index (Phi) is 4.19. The van der Waals surface area contributed by atoms with E-state index in [4.69, 9.17) is 16.9 Å². The summed E-state index contributed by atoms with van der Waals surface area (Å²) in [6.45, 7) is 0.247. The van der Waals surface area contributed by atoms with Crippen molar-refractivity contribution < 1.29 is 13.2 Å². The summed E-state index contributed by atoms with van der Waals surface area (Å²) in [6, 6.07) is 0. The summed E-state index contributed by atoms with van der Waals surface area (Å²) in [4.78, 5) is 3.92. The highest BCUT2D eigenvalue weighted by molar-refractivity contribution is 5.91. The van der Waals surface area contributed by atoms with E-state index in [1.54, 1.807) is 0 Å². The van der Waals surface area contributed by atoms with Crippen LogP contribution in [0, 0.1) is 5.41 Å². The summed E-state index contributed by atoms with van der Waals surface area (Å²) < 4.78 is 35.8. The van der Waals surface area contributed by atoms with Gasteiger partial charge in [-0.15, -0.1) is 0 Å². The predicted octanol–water partition coefficient (Wildman–Crippen LogP) is 0.0788. The van der Waals surface area contributed by atoms with Gasteiger partial charge < -0.3 is 16.4 Å². The number of nitrogens with two attached hydrogens (primary N) is 2. The average molecular weight is 211 g/mol. The van der Waals surface area contributed by atoms with Gasteiger partial charge >= 0.3 is 6.18 Å². The molecule has 0 rings (SSSR count). The Morgan fingerprint density at radius 3 is 2.21 bits per heavy atom. The van der Waals surface area contributed by atoms with Crippen LogP contribution in [0.5, 0.6) is 0 Å². The maximum atomic E-state index is 11.9. The Morgan fingerprint density at radius 1 is 1.43 bits per heavy atom.